The van der Waals surface area contributed by atoms with E-state index in [0.29, 0.717) is 0 Å². The number of ether oxygens (including phenoxy) is 1. The fraction of sp³-hybridized carbons (Fsp3) is 0.333. The number of hydrogen-bond acceptors (Lipinski definition) is 4. The van der Waals surface area contributed by atoms with Crippen molar-refractivity contribution in [3.8, 4) is 5.75 Å². The van der Waals surface area contributed by atoms with Crippen molar-refractivity contribution in [3.63, 3.8) is 0 Å². The second-order valence-corrected chi connectivity index (χ2v) is 3.89. The molecule has 1 amide bonds. The molecule has 1 aromatic carbocycles. The van der Waals surface area contributed by atoms with Crippen LogP contribution in [0.4, 0.5) is 18.9 Å². The lowest BCUT2D eigenvalue weighted by molar-refractivity contribution is -0.167. The third-order valence-corrected chi connectivity index (χ3v) is 2.29. The molecule has 116 valence electrons. The topological polar surface area (TPSA) is 95.9 Å². The molecule has 0 aliphatic rings. The van der Waals surface area contributed by atoms with Gasteiger partial charge in [-0.05, 0) is 18.2 Å². The number of carboxylic acid groups (broad SMARTS) is 1. The van der Waals surface area contributed by atoms with E-state index < -0.39 is 18.1 Å². The molecule has 0 unspecified atom stereocenters. The third kappa shape index (κ3) is 4.95. The number of nitrogens with one attached hydrogen (secondary N) is 1. The molecule has 9 heteroatoms. The van der Waals surface area contributed by atoms with E-state index in [0.717, 1.165) is 18.2 Å². The number of benzene rings is 1. The molecule has 21 heavy (non-hydrogen) atoms. The highest BCUT2D eigenvalue weighted by molar-refractivity contribution is 5.97. The molecule has 1 rings (SSSR count). The Morgan fingerprint density at radius 2 is 1.95 bits per heavy atom. The van der Waals surface area contributed by atoms with Crippen LogP contribution < -0.4 is 10.1 Å². The molecule has 0 atom stereocenters. The van der Waals surface area contributed by atoms with Crippen LogP contribution in [-0.4, -0.2) is 41.5 Å². The van der Waals surface area contributed by atoms with Gasteiger partial charge in [-0.15, -0.1) is 0 Å². The van der Waals surface area contributed by atoms with Gasteiger partial charge in [0.1, 0.15) is 5.75 Å². The zero-order valence-corrected chi connectivity index (χ0v) is 10.6. The first kappa shape index (κ1) is 16.8. The molecule has 3 N–H and O–H groups in total. The minimum absolute atomic E-state index is 0.0472. The van der Waals surface area contributed by atoms with Gasteiger partial charge in [-0.2, -0.15) is 13.2 Å². The van der Waals surface area contributed by atoms with Crippen LogP contribution in [0, 0.1) is 0 Å². The molecule has 0 spiro atoms. The molecule has 6 nitrogen and oxygen atoms in total. The van der Waals surface area contributed by atoms with Crippen LogP contribution in [-0.2, 0) is 4.79 Å². The number of aromatic carboxylic acids is 1. The Morgan fingerprint density at radius 3 is 2.48 bits per heavy atom. The molecular formula is C12H12F3NO5. The van der Waals surface area contributed by atoms with Gasteiger partial charge in [0.05, 0.1) is 17.9 Å². The van der Waals surface area contributed by atoms with E-state index in [-0.39, 0.29) is 36.6 Å². The second kappa shape index (κ2) is 6.93. The number of carboxylic acids is 1. The second-order valence-electron chi connectivity index (χ2n) is 3.89. The van der Waals surface area contributed by atoms with E-state index in [9.17, 15) is 22.8 Å². The fourth-order valence-electron chi connectivity index (χ4n) is 1.32. The number of rotatable bonds is 6. The number of halogens is 3. The Kier molecular flexibility index (Phi) is 5.53. The van der Waals surface area contributed by atoms with Crippen LogP contribution in [0.3, 0.4) is 0 Å². The maximum Gasteiger partial charge on any atom is 0.471 e. The molecule has 0 aliphatic carbocycles. The van der Waals surface area contributed by atoms with Gasteiger partial charge in [0.25, 0.3) is 0 Å². The van der Waals surface area contributed by atoms with Crippen molar-refractivity contribution in [1.29, 1.82) is 0 Å². The summed E-state index contributed by atoms with van der Waals surface area (Å²) in [5, 5.41) is 19.0. The van der Waals surface area contributed by atoms with Crippen molar-refractivity contribution in [1.82, 2.24) is 0 Å². The summed E-state index contributed by atoms with van der Waals surface area (Å²) >= 11 is 0. The first-order chi connectivity index (χ1) is 9.75. The summed E-state index contributed by atoms with van der Waals surface area (Å²) in [6, 6.07) is 3.03. The summed E-state index contributed by atoms with van der Waals surface area (Å²) in [5.41, 5.74) is -0.515. The van der Waals surface area contributed by atoms with Gasteiger partial charge in [-0.3, -0.25) is 4.79 Å². The van der Waals surface area contributed by atoms with E-state index in [2.05, 4.69) is 0 Å². The maximum atomic E-state index is 12.2. The zero-order valence-electron chi connectivity index (χ0n) is 10.6. The highest BCUT2D eigenvalue weighted by atomic mass is 19.4. The van der Waals surface area contributed by atoms with Crippen molar-refractivity contribution >= 4 is 17.6 Å². The Bertz CT molecular complexity index is 530. The summed E-state index contributed by atoms with van der Waals surface area (Å²) in [4.78, 5) is 21.7. The van der Waals surface area contributed by atoms with Gasteiger partial charge in [-0.1, -0.05) is 0 Å². The predicted molar refractivity (Wildman–Crippen MR) is 65.3 cm³/mol. The first-order valence-electron chi connectivity index (χ1n) is 5.75. The summed E-state index contributed by atoms with van der Waals surface area (Å²) in [6.07, 6.45) is -4.88. The molecule has 1 aromatic rings. The minimum Gasteiger partial charge on any atom is -0.491 e. The third-order valence-electron chi connectivity index (χ3n) is 2.29. The number of amides is 1. The van der Waals surface area contributed by atoms with Gasteiger partial charge in [0, 0.05) is 13.0 Å². The van der Waals surface area contributed by atoms with E-state index in [1.165, 1.54) is 0 Å². The fourth-order valence-corrected chi connectivity index (χ4v) is 1.32. The molecule has 0 saturated carbocycles. The lowest BCUT2D eigenvalue weighted by Crippen LogP contribution is -2.30. The van der Waals surface area contributed by atoms with Crippen molar-refractivity contribution < 1.29 is 37.7 Å². The number of anilines is 1. The SMILES string of the molecule is O=C(O)c1ccc(NC(=O)C(F)(F)F)c(OCCCO)c1. The lowest BCUT2D eigenvalue weighted by atomic mass is 10.2. The summed E-state index contributed by atoms with van der Waals surface area (Å²) in [5.74, 6) is -3.71. The Morgan fingerprint density at radius 1 is 1.29 bits per heavy atom. The van der Waals surface area contributed by atoms with E-state index in [4.69, 9.17) is 14.9 Å². The van der Waals surface area contributed by atoms with Crippen LogP contribution in [0.1, 0.15) is 16.8 Å². The average molecular weight is 307 g/mol. The standard InChI is InChI=1S/C12H12F3NO5/c13-12(14,15)11(20)16-8-3-2-7(10(18)19)6-9(8)21-5-1-4-17/h2-3,6,17H,1,4-5H2,(H,16,20)(H,18,19). The number of aliphatic hydroxyl groups is 1. The largest absolute Gasteiger partial charge is 0.491 e. The van der Waals surface area contributed by atoms with E-state index in [1.807, 2.05) is 0 Å². The van der Waals surface area contributed by atoms with Crippen LogP contribution in [0.2, 0.25) is 0 Å². The van der Waals surface area contributed by atoms with Gasteiger partial charge in [-0.25, -0.2) is 4.79 Å². The number of aliphatic hydroxyl groups excluding tert-OH is 1. The van der Waals surface area contributed by atoms with Crippen LogP contribution in [0.15, 0.2) is 18.2 Å². The Balaban J connectivity index is 3.00. The lowest BCUT2D eigenvalue weighted by Gasteiger charge is -2.14. The molecule has 0 saturated heterocycles. The van der Waals surface area contributed by atoms with Crippen molar-refractivity contribution in [2.45, 2.75) is 12.6 Å². The molecule has 0 aromatic heterocycles. The molecule has 0 aliphatic heterocycles. The minimum atomic E-state index is -5.08. The highest BCUT2D eigenvalue weighted by Crippen LogP contribution is 2.28. The number of carbonyl (C=O) groups is 2. The number of carbonyl (C=O) groups excluding carboxylic acids is 1. The number of alkyl halides is 3. The van der Waals surface area contributed by atoms with Crippen molar-refractivity contribution in [3.05, 3.63) is 23.8 Å². The summed E-state index contributed by atoms with van der Waals surface area (Å²) < 4.78 is 41.7. The quantitative estimate of drug-likeness (QED) is 0.694. The monoisotopic (exact) mass is 307 g/mol. The summed E-state index contributed by atoms with van der Waals surface area (Å²) in [6.45, 7) is -0.253. The van der Waals surface area contributed by atoms with Crippen molar-refractivity contribution in [2.75, 3.05) is 18.5 Å². The zero-order chi connectivity index (χ0) is 16.0. The Hall–Kier alpha value is -2.29. The highest BCUT2D eigenvalue weighted by Gasteiger charge is 2.39. The molecule has 0 fully saturated rings. The maximum absolute atomic E-state index is 12.2. The van der Waals surface area contributed by atoms with Crippen LogP contribution in [0.5, 0.6) is 5.75 Å². The predicted octanol–water partition coefficient (Wildman–Crippen LogP) is 1.65. The normalized spacial score (nSPS) is 11.0. The van der Waals surface area contributed by atoms with Crippen LogP contribution in [0.25, 0.3) is 0 Å². The van der Waals surface area contributed by atoms with E-state index >= 15 is 0 Å². The average Bonchev–Trinajstić information content (AvgIpc) is 2.39. The van der Waals surface area contributed by atoms with Crippen molar-refractivity contribution in [2.24, 2.45) is 0 Å². The van der Waals surface area contributed by atoms with E-state index in [1.54, 1.807) is 5.32 Å². The first-order valence-corrected chi connectivity index (χ1v) is 5.75. The molecule has 0 heterocycles. The smallest absolute Gasteiger partial charge is 0.471 e. The van der Waals surface area contributed by atoms with Gasteiger partial charge in [0.2, 0.25) is 0 Å². The van der Waals surface area contributed by atoms with Crippen LogP contribution >= 0.6 is 0 Å². The summed E-state index contributed by atoms with van der Waals surface area (Å²) in [7, 11) is 0. The van der Waals surface area contributed by atoms with Gasteiger partial charge < -0.3 is 20.3 Å². The number of hydrogen-bond donors (Lipinski definition) is 3. The van der Waals surface area contributed by atoms with Gasteiger partial charge >= 0.3 is 18.1 Å². The van der Waals surface area contributed by atoms with Gasteiger partial charge in [0.15, 0.2) is 0 Å². The molecule has 0 radical (unpaired) electrons. The Labute approximate surface area is 117 Å². The molecule has 0 bridgehead atoms. The molecular weight excluding hydrogens is 295 g/mol.